The number of methoxy groups -OCH3 is 1. The molecule has 2 fully saturated rings. The molecule has 4 N–H and O–H groups in total. The monoisotopic (exact) mass is 425 g/mol. The zero-order chi connectivity index (χ0) is 22.2. The molecule has 4 rings (SSSR count). The second kappa shape index (κ2) is 8.67. The van der Waals surface area contributed by atoms with E-state index in [9.17, 15) is 25.7 Å². The van der Waals surface area contributed by atoms with Gasteiger partial charge in [0.15, 0.2) is 0 Å². The van der Waals surface area contributed by atoms with Crippen LogP contribution >= 0.6 is 0 Å². The fourth-order valence-electron chi connectivity index (χ4n) is 4.28. The fraction of sp³-hybridized carbons (Fsp3) is 0.458. The van der Waals surface area contributed by atoms with Gasteiger partial charge in [-0.05, 0) is 54.0 Å². The summed E-state index contributed by atoms with van der Waals surface area (Å²) in [6.45, 7) is -0.563. The lowest BCUT2D eigenvalue weighted by Crippen LogP contribution is -2.64. The highest BCUT2D eigenvalue weighted by Crippen LogP contribution is 2.41. The Kier molecular flexibility index (Phi) is 6.13. The van der Waals surface area contributed by atoms with Gasteiger partial charge in [0.25, 0.3) is 0 Å². The first-order valence-electron chi connectivity index (χ1n) is 10.4. The van der Waals surface area contributed by atoms with Gasteiger partial charge >= 0.3 is 0 Å². The molecule has 1 unspecified atom stereocenters. The molecule has 164 valence electrons. The third-order valence-electron chi connectivity index (χ3n) is 6.30. The van der Waals surface area contributed by atoms with E-state index in [2.05, 4.69) is 30.3 Å². The van der Waals surface area contributed by atoms with Gasteiger partial charge < -0.3 is 29.9 Å². The Morgan fingerprint density at radius 2 is 1.81 bits per heavy atom. The minimum Gasteiger partial charge on any atom is -0.394 e. The number of ether oxygens (including phenoxy) is 2. The number of nitriles is 1. The van der Waals surface area contributed by atoms with Gasteiger partial charge in [-0.2, -0.15) is 5.26 Å². The Labute approximate surface area is 181 Å². The normalized spacial score (nSPS) is 30.7. The highest BCUT2D eigenvalue weighted by Gasteiger charge is 2.55. The van der Waals surface area contributed by atoms with Crippen LogP contribution in [0.15, 0.2) is 42.5 Å². The summed E-state index contributed by atoms with van der Waals surface area (Å²) < 4.78 is 11.3. The van der Waals surface area contributed by atoms with Crippen LogP contribution in [0.3, 0.4) is 0 Å². The quantitative estimate of drug-likeness (QED) is 0.550. The van der Waals surface area contributed by atoms with E-state index in [-0.39, 0.29) is 0 Å². The number of nitrogens with zero attached hydrogens (tertiary/aromatic N) is 1. The van der Waals surface area contributed by atoms with Gasteiger partial charge in [-0.25, -0.2) is 0 Å². The van der Waals surface area contributed by atoms with E-state index in [1.807, 2.05) is 0 Å². The maximum Gasteiger partial charge on any atom is 0.224 e. The number of rotatable bonds is 6. The van der Waals surface area contributed by atoms with Crippen molar-refractivity contribution in [1.29, 1.82) is 5.26 Å². The van der Waals surface area contributed by atoms with Crippen molar-refractivity contribution in [1.82, 2.24) is 0 Å². The summed E-state index contributed by atoms with van der Waals surface area (Å²) in [7, 11) is 1.32. The van der Waals surface area contributed by atoms with Crippen LogP contribution in [0, 0.1) is 11.3 Å². The van der Waals surface area contributed by atoms with Crippen LogP contribution in [0.2, 0.25) is 0 Å². The minimum absolute atomic E-state index is 0.385. The molecule has 0 amide bonds. The molecular weight excluding hydrogens is 398 g/mol. The third-order valence-corrected chi connectivity index (χ3v) is 6.30. The molecule has 2 aromatic rings. The first-order chi connectivity index (χ1) is 14.9. The van der Waals surface area contributed by atoms with Gasteiger partial charge in [-0.1, -0.05) is 30.3 Å². The van der Waals surface area contributed by atoms with Crippen LogP contribution in [-0.2, 0) is 21.7 Å². The molecule has 0 bridgehead atoms. The van der Waals surface area contributed by atoms with Crippen LogP contribution in [0.4, 0.5) is 0 Å². The number of benzene rings is 2. The largest absolute Gasteiger partial charge is 0.394 e. The lowest BCUT2D eigenvalue weighted by atomic mass is 9.86. The molecule has 2 aromatic carbocycles. The highest BCUT2D eigenvalue weighted by molar-refractivity contribution is 5.45. The molecule has 31 heavy (non-hydrogen) atoms. The molecule has 1 aliphatic carbocycles. The van der Waals surface area contributed by atoms with Gasteiger partial charge in [-0.15, -0.1) is 0 Å². The maximum atomic E-state index is 10.7. The van der Waals surface area contributed by atoms with Crippen molar-refractivity contribution in [2.75, 3.05) is 13.7 Å². The van der Waals surface area contributed by atoms with E-state index in [0.717, 1.165) is 5.56 Å². The number of hydrogen-bond donors (Lipinski definition) is 4. The number of hydrogen-bond acceptors (Lipinski definition) is 7. The smallest absolute Gasteiger partial charge is 0.224 e. The van der Waals surface area contributed by atoms with Crippen LogP contribution in [-0.4, -0.2) is 58.6 Å². The topological polar surface area (TPSA) is 123 Å². The maximum absolute atomic E-state index is 10.7. The molecule has 2 aliphatic rings. The lowest BCUT2D eigenvalue weighted by Gasteiger charge is -2.47. The molecule has 0 aromatic heterocycles. The van der Waals surface area contributed by atoms with Crippen molar-refractivity contribution in [2.45, 2.75) is 55.4 Å². The first kappa shape index (κ1) is 21.9. The number of aliphatic hydroxyl groups excluding tert-OH is 4. The molecule has 1 saturated carbocycles. The Morgan fingerprint density at radius 1 is 1.10 bits per heavy atom. The second-order valence-electron chi connectivity index (χ2n) is 8.31. The fourth-order valence-corrected chi connectivity index (χ4v) is 4.28. The third kappa shape index (κ3) is 3.99. The first-order valence-corrected chi connectivity index (χ1v) is 10.4. The summed E-state index contributed by atoms with van der Waals surface area (Å²) in [5, 5.41) is 50.3. The van der Waals surface area contributed by atoms with E-state index in [1.54, 1.807) is 18.2 Å². The Bertz CT molecular complexity index is 965. The number of aliphatic hydroxyl groups is 4. The van der Waals surface area contributed by atoms with E-state index in [4.69, 9.17) is 9.47 Å². The summed E-state index contributed by atoms with van der Waals surface area (Å²) in [6, 6.07) is 15.5. The van der Waals surface area contributed by atoms with Crippen LogP contribution in [0.25, 0.3) is 0 Å². The Hall–Kier alpha value is -2.31. The molecule has 5 atom stereocenters. The SMILES string of the molecule is CO[C@@]1(c2ccc(C#N)c(Cc3ccc(C4CC4)cc3)c2)OC(CO)[C@@H](O)[C@H](O)[C@H]1O. The van der Waals surface area contributed by atoms with Crippen LogP contribution in [0.5, 0.6) is 0 Å². The average Bonchev–Trinajstić information content (AvgIpc) is 3.64. The van der Waals surface area contributed by atoms with Crippen molar-refractivity contribution < 1.29 is 29.9 Å². The lowest BCUT2D eigenvalue weighted by molar-refractivity contribution is -0.366. The van der Waals surface area contributed by atoms with Gasteiger partial charge in [0.05, 0.1) is 18.2 Å². The van der Waals surface area contributed by atoms with Gasteiger partial charge in [0.1, 0.15) is 24.4 Å². The summed E-state index contributed by atoms with van der Waals surface area (Å²) in [6.07, 6.45) is -2.84. The molecule has 1 aliphatic heterocycles. The Balaban J connectivity index is 1.69. The summed E-state index contributed by atoms with van der Waals surface area (Å²) in [4.78, 5) is 0. The molecule has 7 heteroatoms. The van der Waals surface area contributed by atoms with E-state index < -0.39 is 36.8 Å². The predicted molar refractivity (Wildman–Crippen MR) is 111 cm³/mol. The predicted octanol–water partition coefficient (Wildman–Crippen LogP) is 1.30. The van der Waals surface area contributed by atoms with Crippen LogP contribution in [0.1, 0.15) is 46.6 Å². The van der Waals surface area contributed by atoms with Gasteiger partial charge in [0, 0.05) is 12.7 Å². The van der Waals surface area contributed by atoms with E-state index >= 15 is 0 Å². The molecule has 0 radical (unpaired) electrons. The van der Waals surface area contributed by atoms with Crippen molar-refractivity contribution in [2.24, 2.45) is 0 Å². The van der Waals surface area contributed by atoms with Crippen molar-refractivity contribution in [3.8, 4) is 6.07 Å². The van der Waals surface area contributed by atoms with Crippen molar-refractivity contribution in [3.63, 3.8) is 0 Å². The molecular formula is C24H27NO6. The molecule has 1 saturated heterocycles. The molecule has 0 spiro atoms. The van der Waals surface area contributed by atoms with Crippen molar-refractivity contribution in [3.05, 3.63) is 70.3 Å². The van der Waals surface area contributed by atoms with E-state index in [1.165, 1.54) is 25.5 Å². The van der Waals surface area contributed by atoms with Gasteiger partial charge in [0.2, 0.25) is 5.79 Å². The highest BCUT2D eigenvalue weighted by atomic mass is 16.7. The summed E-state index contributed by atoms with van der Waals surface area (Å²) in [5.41, 5.74) is 3.95. The van der Waals surface area contributed by atoms with E-state index in [0.29, 0.717) is 29.0 Å². The van der Waals surface area contributed by atoms with Gasteiger partial charge in [-0.3, -0.25) is 0 Å². The summed E-state index contributed by atoms with van der Waals surface area (Å²) >= 11 is 0. The molecule has 1 heterocycles. The molecule has 7 nitrogen and oxygen atoms in total. The average molecular weight is 425 g/mol. The van der Waals surface area contributed by atoms with Crippen LogP contribution < -0.4 is 0 Å². The second-order valence-corrected chi connectivity index (χ2v) is 8.31. The standard InChI is InChI=1S/C24H27NO6/c1-30-24(23(29)22(28)21(27)20(13-26)31-24)19-9-8-17(12-25)18(11-19)10-14-2-4-15(5-3-14)16-6-7-16/h2-5,8-9,11,16,20-23,26-29H,6-7,10,13H2,1H3/t20?,21-,22+,23-,24+/m1/s1. The Morgan fingerprint density at radius 3 is 2.39 bits per heavy atom. The van der Waals surface area contributed by atoms with Crippen molar-refractivity contribution >= 4 is 0 Å². The zero-order valence-electron chi connectivity index (χ0n) is 17.3. The summed E-state index contributed by atoms with van der Waals surface area (Å²) in [5.74, 6) is -1.13. The minimum atomic E-state index is -1.80. The zero-order valence-corrected chi connectivity index (χ0v) is 17.3.